The lowest BCUT2D eigenvalue weighted by Gasteiger charge is -2.25. The van der Waals surface area contributed by atoms with Crippen molar-refractivity contribution in [1.29, 1.82) is 5.41 Å². The Morgan fingerprint density at radius 3 is 2.00 bits per heavy atom. The predicted molar refractivity (Wildman–Crippen MR) is 59.7 cm³/mol. The van der Waals surface area contributed by atoms with Crippen LogP contribution in [0.15, 0.2) is 0 Å². The highest BCUT2D eigenvalue weighted by Crippen LogP contribution is 2.25. The quantitative estimate of drug-likeness (QED) is 0.388. The van der Waals surface area contributed by atoms with E-state index in [9.17, 15) is 0 Å². The first kappa shape index (κ1) is 10.0. The second kappa shape index (κ2) is 4.81. The van der Waals surface area contributed by atoms with Crippen LogP contribution in [0.5, 0.6) is 0 Å². The number of nitrogens with one attached hydrogen (secondary N) is 1. The SMILES string of the molecule is N=C(C1CCCCCC1)N1CCCC1. The molecule has 2 fully saturated rings. The minimum Gasteiger partial charge on any atom is -0.360 e. The molecule has 1 aliphatic heterocycles. The fraction of sp³-hybridized carbons (Fsp3) is 0.917. The molecule has 2 aliphatic rings. The molecule has 0 bridgehead atoms. The number of hydrogen-bond acceptors (Lipinski definition) is 1. The van der Waals surface area contributed by atoms with Crippen LogP contribution >= 0.6 is 0 Å². The molecule has 0 spiro atoms. The van der Waals surface area contributed by atoms with Crippen molar-refractivity contribution < 1.29 is 0 Å². The second-order valence-electron chi connectivity index (χ2n) is 4.77. The van der Waals surface area contributed by atoms with Gasteiger partial charge >= 0.3 is 0 Å². The molecule has 1 saturated carbocycles. The molecule has 0 atom stereocenters. The zero-order valence-electron chi connectivity index (χ0n) is 9.10. The van der Waals surface area contributed by atoms with Gasteiger partial charge in [0, 0.05) is 19.0 Å². The standard InChI is InChI=1S/C12H22N2/c13-12(14-9-5-6-10-14)11-7-3-1-2-4-8-11/h11,13H,1-10H2. The van der Waals surface area contributed by atoms with E-state index in [0.717, 1.165) is 18.9 Å². The van der Waals surface area contributed by atoms with Crippen molar-refractivity contribution in [2.45, 2.75) is 51.4 Å². The van der Waals surface area contributed by atoms with Gasteiger partial charge in [-0.1, -0.05) is 25.7 Å². The summed E-state index contributed by atoms with van der Waals surface area (Å²) in [5, 5.41) is 8.20. The molecule has 0 amide bonds. The summed E-state index contributed by atoms with van der Waals surface area (Å²) in [7, 11) is 0. The van der Waals surface area contributed by atoms with E-state index in [1.807, 2.05) is 0 Å². The highest BCUT2D eigenvalue weighted by Gasteiger charge is 2.23. The van der Waals surface area contributed by atoms with Crippen LogP contribution in [0.2, 0.25) is 0 Å². The van der Waals surface area contributed by atoms with Crippen molar-refractivity contribution >= 4 is 5.84 Å². The number of amidine groups is 1. The molecule has 1 N–H and O–H groups in total. The van der Waals surface area contributed by atoms with Crippen LogP contribution in [0.1, 0.15) is 51.4 Å². The lowest BCUT2D eigenvalue weighted by Crippen LogP contribution is -2.33. The normalized spacial score (nSPS) is 25.0. The maximum atomic E-state index is 8.20. The van der Waals surface area contributed by atoms with E-state index in [2.05, 4.69) is 4.90 Å². The zero-order valence-corrected chi connectivity index (χ0v) is 9.10. The Morgan fingerprint density at radius 1 is 0.857 bits per heavy atom. The molecule has 2 rings (SSSR count). The van der Waals surface area contributed by atoms with E-state index in [0.29, 0.717) is 5.92 Å². The molecule has 80 valence electrons. The fourth-order valence-electron chi connectivity index (χ4n) is 2.77. The highest BCUT2D eigenvalue weighted by atomic mass is 15.2. The Hall–Kier alpha value is -0.530. The monoisotopic (exact) mass is 194 g/mol. The number of hydrogen-bond donors (Lipinski definition) is 1. The Kier molecular flexibility index (Phi) is 3.44. The highest BCUT2D eigenvalue weighted by molar-refractivity contribution is 5.81. The number of rotatable bonds is 1. The van der Waals surface area contributed by atoms with Gasteiger partial charge < -0.3 is 4.90 Å². The first-order valence-electron chi connectivity index (χ1n) is 6.21. The van der Waals surface area contributed by atoms with Crippen molar-refractivity contribution in [2.75, 3.05) is 13.1 Å². The number of likely N-dealkylation sites (tertiary alicyclic amines) is 1. The number of nitrogens with zero attached hydrogens (tertiary/aromatic N) is 1. The molecule has 1 aliphatic carbocycles. The minimum absolute atomic E-state index is 0.593. The summed E-state index contributed by atoms with van der Waals surface area (Å²) in [4.78, 5) is 2.32. The first-order chi connectivity index (χ1) is 6.88. The van der Waals surface area contributed by atoms with Crippen molar-refractivity contribution in [3.8, 4) is 0 Å². The van der Waals surface area contributed by atoms with E-state index in [4.69, 9.17) is 5.41 Å². The van der Waals surface area contributed by atoms with Gasteiger partial charge in [-0.05, 0) is 25.7 Å². The predicted octanol–water partition coefficient (Wildman–Crippen LogP) is 3.03. The van der Waals surface area contributed by atoms with Crippen LogP contribution in [0.3, 0.4) is 0 Å². The molecule has 2 heteroatoms. The van der Waals surface area contributed by atoms with Gasteiger partial charge in [-0.15, -0.1) is 0 Å². The Morgan fingerprint density at radius 2 is 1.43 bits per heavy atom. The third-order valence-electron chi connectivity index (χ3n) is 3.69. The van der Waals surface area contributed by atoms with Gasteiger partial charge in [-0.3, -0.25) is 5.41 Å². The van der Waals surface area contributed by atoms with E-state index in [1.54, 1.807) is 0 Å². The molecule has 14 heavy (non-hydrogen) atoms. The molecular formula is C12H22N2. The van der Waals surface area contributed by atoms with Crippen LogP contribution in [-0.4, -0.2) is 23.8 Å². The molecule has 1 heterocycles. The Bertz CT molecular complexity index is 186. The largest absolute Gasteiger partial charge is 0.360 e. The minimum atomic E-state index is 0.593. The Balaban J connectivity index is 1.88. The van der Waals surface area contributed by atoms with Gasteiger partial charge in [0.15, 0.2) is 0 Å². The van der Waals surface area contributed by atoms with Crippen LogP contribution in [0.25, 0.3) is 0 Å². The van der Waals surface area contributed by atoms with Crippen molar-refractivity contribution in [1.82, 2.24) is 4.90 Å². The third kappa shape index (κ3) is 2.28. The van der Waals surface area contributed by atoms with Crippen molar-refractivity contribution in [2.24, 2.45) is 5.92 Å². The van der Waals surface area contributed by atoms with Crippen LogP contribution in [0.4, 0.5) is 0 Å². The van der Waals surface area contributed by atoms with Gasteiger partial charge in [-0.2, -0.15) is 0 Å². The molecule has 0 unspecified atom stereocenters. The van der Waals surface area contributed by atoms with Gasteiger partial charge in [0.1, 0.15) is 0 Å². The molecule has 2 nitrogen and oxygen atoms in total. The molecule has 0 aromatic rings. The molecular weight excluding hydrogens is 172 g/mol. The van der Waals surface area contributed by atoms with Gasteiger partial charge in [0.05, 0.1) is 5.84 Å². The molecule has 0 aromatic carbocycles. The maximum Gasteiger partial charge on any atom is 0.0989 e. The van der Waals surface area contributed by atoms with E-state index < -0.39 is 0 Å². The summed E-state index contributed by atoms with van der Waals surface area (Å²) >= 11 is 0. The van der Waals surface area contributed by atoms with Gasteiger partial charge in [-0.25, -0.2) is 0 Å². The average Bonchev–Trinajstić information content (AvgIpc) is 2.59. The van der Waals surface area contributed by atoms with E-state index in [-0.39, 0.29) is 0 Å². The third-order valence-corrected chi connectivity index (χ3v) is 3.69. The van der Waals surface area contributed by atoms with Crippen LogP contribution < -0.4 is 0 Å². The summed E-state index contributed by atoms with van der Waals surface area (Å²) in [6, 6.07) is 0. The first-order valence-corrected chi connectivity index (χ1v) is 6.21. The average molecular weight is 194 g/mol. The lowest BCUT2D eigenvalue weighted by atomic mass is 9.98. The van der Waals surface area contributed by atoms with Gasteiger partial charge in [0.25, 0.3) is 0 Å². The summed E-state index contributed by atoms with van der Waals surface area (Å²) in [5.74, 6) is 1.56. The summed E-state index contributed by atoms with van der Waals surface area (Å²) in [6.45, 7) is 2.30. The second-order valence-corrected chi connectivity index (χ2v) is 4.77. The van der Waals surface area contributed by atoms with Crippen LogP contribution in [0, 0.1) is 11.3 Å². The van der Waals surface area contributed by atoms with Crippen LogP contribution in [-0.2, 0) is 0 Å². The zero-order chi connectivity index (χ0) is 9.80. The summed E-state index contributed by atoms with van der Waals surface area (Å²) < 4.78 is 0. The van der Waals surface area contributed by atoms with Crippen molar-refractivity contribution in [3.05, 3.63) is 0 Å². The maximum absolute atomic E-state index is 8.20. The summed E-state index contributed by atoms with van der Waals surface area (Å²) in [5.41, 5.74) is 0. The molecule has 0 aromatic heterocycles. The van der Waals surface area contributed by atoms with E-state index >= 15 is 0 Å². The Labute approximate surface area is 87.2 Å². The van der Waals surface area contributed by atoms with Gasteiger partial charge in [0.2, 0.25) is 0 Å². The van der Waals surface area contributed by atoms with E-state index in [1.165, 1.54) is 51.4 Å². The fourth-order valence-corrected chi connectivity index (χ4v) is 2.77. The topological polar surface area (TPSA) is 27.1 Å². The molecule has 1 saturated heterocycles. The summed E-state index contributed by atoms with van der Waals surface area (Å²) in [6.07, 6.45) is 10.6. The van der Waals surface area contributed by atoms with Crippen molar-refractivity contribution in [3.63, 3.8) is 0 Å². The lowest BCUT2D eigenvalue weighted by molar-refractivity contribution is 0.447. The smallest absolute Gasteiger partial charge is 0.0989 e. The molecule has 0 radical (unpaired) electrons.